The molecule has 0 fully saturated rings. The van der Waals surface area contributed by atoms with Crippen LogP contribution in [0.15, 0.2) is 40.1 Å². The molecular weight excluding hydrogens is 378 g/mol. The molecule has 0 radical (unpaired) electrons. The Kier molecular flexibility index (Phi) is 7.35. The summed E-state index contributed by atoms with van der Waals surface area (Å²) in [7, 11) is 2.79. The molecule has 2 rings (SSSR count). The summed E-state index contributed by atoms with van der Waals surface area (Å²) in [5.41, 5.74) is 1.31. The van der Waals surface area contributed by atoms with Crippen LogP contribution in [0.5, 0.6) is 0 Å². The number of aryl methyl sites for hydroxylation is 1. The molecule has 0 bridgehead atoms. The van der Waals surface area contributed by atoms with Gasteiger partial charge in [0.25, 0.3) is 12.3 Å². The number of halogens is 2. The topological polar surface area (TPSA) is 85.2 Å². The Morgan fingerprint density at radius 2 is 2.15 bits per heavy atom. The molecule has 0 spiro atoms. The van der Waals surface area contributed by atoms with Gasteiger partial charge < -0.3 is 15.0 Å². The summed E-state index contributed by atoms with van der Waals surface area (Å²) < 4.78 is 26.4. The first-order valence-corrected chi connectivity index (χ1v) is 8.67. The minimum atomic E-state index is -2.83. The number of likely N-dealkylation sites (N-methyl/N-ethyl adjacent to an activating group) is 1. The predicted molar refractivity (Wildman–Crippen MR) is 98.2 cm³/mol. The van der Waals surface area contributed by atoms with Crippen LogP contribution in [0.25, 0.3) is 0 Å². The standard InChI is InChI=1S/C17H18F2N4O3S/c1-10-5-4-6-11(13(22-25-3)16(24)20-2)12(10)9-26-23-14(15(18)19)17-21-7-8-27-17/h4-8,15H,9H2,1-3H3,(H,20,24)/b22-13+,23-14+. The van der Waals surface area contributed by atoms with Gasteiger partial charge >= 0.3 is 0 Å². The van der Waals surface area contributed by atoms with E-state index in [1.807, 2.05) is 0 Å². The molecule has 0 atom stereocenters. The molecule has 0 aliphatic rings. The second-order valence-corrected chi connectivity index (χ2v) is 6.09. The molecule has 0 aliphatic heterocycles. The van der Waals surface area contributed by atoms with E-state index in [9.17, 15) is 13.6 Å². The van der Waals surface area contributed by atoms with Crippen molar-refractivity contribution in [3.8, 4) is 0 Å². The van der Waals surface area contributed by atoms with E-state index in [4.69, 9.17) is 9.68 Å². The van der Waals surface area contributed by atoms with Gasteiger partial charge in [0.2, 0.25) is 0 Å². The highest BCUT2D eigenvalue weighted by Crippen LogP contribution is 2.18. The van der Waals surface area contributed by atoms with Gasteiger partial charge in [0.15, 0.2) is 11.4 Å². The van der Waals surface area contributed by atoms with Crippen molar-refractivity contribution in [3.05, 3.63) is 51.5 Å². The third kappa shape index (κ3) is 5.07. The first-order chi connectivity index (χ1) is 13.0. The lowest BCUT2D eigenvalue weighted by molar-refractivity contribution is -0.114. The van der Waals surface area contributed by atoms with Crippen LogP contribution in [-0.4, -0.2) is 42.9 Å². The number of thiazole rings is 1. The zero-order valence-electron chi connectivity index (χ0n) is 14.9. The first-order valence-electron chi connectivity index (χ1n) is 7.79. The second kappa shape index (κ2) is 9.72. The van der Waals surface area contributed by atoms with Crippen molar-refractivity contribution >= 4 is 28.7 Å². The molecule has 27 heavy (non-hydrogen) atoms. The number of rotatable bonds is 8. The van der Waals surface area contributed by atoms with Gasteiger partial charge in [-0.1, -0.05) is 28.5 Å². The Hall–Kier alpha value is -2.88. The monoisotopic (exact) mass is 396 g/mol. The van der Waals surface area contributed by atoms with Crippen molar-refractivity contribution in [3.63, 3.8) is 0 Å². The first kappa shape index (κ1) is 20.4. The number of nitrogens with zero attached hydrogens (tertiary/aromatic N) is 3. The van der Waals surface area contributed by atoms with E-state index in [1.54, 1.807) is 30.5 Å². The Balaban J connectivity index is 2.32. The van der Waals surface area contributed by atoms with Gasteiger partial charge in [0.1, 0.15) is 18.7 Å². The molecule has 0 saturated carbocycles. The van der Waals surface area contributed by atoms with Crippen molar-refractivity contribution in [2.45, 2.75) is 20.0 Å². The van der Waals surface area contributed by atoms with Crippen LogP contribution in [0, 0.1) is 6.92 Å². The van der Waals surface area contributed by atoms with E-state index in [1.165, 1.54) is 20.4 Å². The van der Waals surface area contributed by atoms with Gasteiger partial charge in [0, 0.05) is 29.8 Å². The van der Waals surface area contributed by atoms with E-state index in [2.05, 4.69) is 20.6 Å². The van der Waals surface area contributed by atoms with E-state index in [0.717, 1.165) is 16.9 Å². The fourth-order valence-electron chi connectivity index (χ4n) is 2.23. The summed E-state index contributed by atoms with van der Waals surface area (Å²) in [6, 6.07) is 5.21. The molecule has 1 heterocycles. The number of hydrogen-bond donors (Lipinski definition) is 1. The van der Waals surface area contributed by atoms with E-state index in [0.29, 0.717) is 11.1 Å². The number of oxime groups is 2. The quantitative estimate of drug-likeness (QED) is 0.549. The number of benzene rings is 1. The van der Waals surface area contributed by atoms with Gasteiger partial charge in [-0.25, -0.2) is 13.8 Å². The molecule has 2 aromatic rings. The number of carbonyl (C=O) groups excluding carboxylic acids is 1. The number of hydrogen-bond acceptors (Lipinski definition) is 7. The largest absolute Gasteiger partial charge is 0.398 e. The number of alkyl halides is 2. The Labute approximate surface area is 158 Å². The lowest BCUT2D eigenvalue weighted by atomic mass is 9.98. The normalized spacial score (nSPS) is 12.2. The minimum absolute atomic E-state index is 0.0419. The maximum atomic E-state index is 13.2. The summed E-state index contributed by atoms with van der Waals surface area (Å²) >= 11 is 1.04. The number of amides is 1. The zero-order chi connectivity index (χ0) is 19.8. The Bertz CT molecular complexity index is 839. The third-order valence-electron chi connectivity index (χ3n) is 3.52. The third-order valence-corrected chi connectivity index (χ3v) is 4.32. The Morgan fingerprint density at radius 1 is 1.37 bits per heavy atom. The van der Waals surface area contributed by atoms with Crippen LogP contribution in [0.3, 0.4) is 0 Å². The van der Waals surface area contributed by atoms with Gasteiger partial charge in [-0.15, -0.1) is 11.3 Å². The van der Waals surface area contributed by atoms with Crippen LogP contribution < -0.4 is 5.32 Å². The lowest BCUT2D eigenvalue weighted by Gasteiger charge is -2.13. The maximum Gasteiger partial charge on any atom is 0.286 e. The van der Waals surface area contributed by atoms with E-state index < -0.39 is 18.0 Å². The second-order valence-electron chi connectivity index (χ2n) is 5.19. The van der Waals surface area contributed by atoms with Crippen LogP contribution in [0.2, 0.25) is 0 Å². The maximum absolute atomic E-state index is 13.2. The molecule has 144 valence electrons. The zero-order valence-corrected chi connectivity index (χ0v) is 15.7. The molecule has 0 unspecified atom stereocenters. The van der Waals surface area contributed by atoms with Gasteiger partial charge in [-0.3, -0.25) is 4.79 Å². The van der Waals surface area contributed by atoms with Crippen LogP contribution in [0.4, 0.5) is 8.78 Å². The number of aromatic nitrogens is 1. The van der Waals surface area contributed by atoms with Crippen LogP contribution >= 0.6 is 11.3 Å². The highest BCUT2D eigenvalue weighted by Gasteiger charge is 2.21. The molecule has 10 heteroatoms. The number of nitrogens with one attached hydrogen (secondary N) is 1. The molecular formula is C17H18F2N4O3S. The fourth-order valence-corrected chi connectivity index (χ4v) is 2.85. The molecule has 1 aromatic carbocycles. The molecule has 1 N–H and O–H groups in total. The van der Waals surface area contributed by atoms with Crippen molar-refractivity contribution in [2.75, 3.05) is 14.2 Å². The van der Waals surface area contributed by atoms with Gasteiger partial charge in [-0.2, -0.15) is 0 Å². The minimum Gasteiger partial charge on any atom is -0.398 e. The van der Waals surface area contributed by atoms with E-state index in [-0.39, 0.29) is 17.3 Å². The summed E-state index contributed by atoms with van der Waals surface area (Å²) in [6.07, 6.45) is -1.42. The van der Waals surface area contributed by atoms with Crippen molar-refractivity contribution in [1.82, 2.24) is 10.3 Å². The summed E-state index contributed by atoms with van der Waals surface area (Å²) in [4.78, 5) is 25.9. The highest BCUT2D eigenvalue weighted by atomic mass is 32.1. The number of carbonyl (C=O) groups is 1. The molecule has 1 aromatic heterocycles. The van der Waals surface area contributed by atoms with Gasteiger partial charge in [0.05, 0.1) is 0 Å². The fraction of sp³-hybridized carbons (Fsp3) is 0.294. The molecule has 0 saturated heterocycles. The van der Waals surface area contributed by atoms with Crippen LogP contribution in [-0.2, 0) is 21.1 Å². The van der Waals surface area contributed by atoms with Gasteiger partial charge in [-0.05, 0) is 12.5 Å². The Morgan fingerprint density at radius 3 is 2.74 bits per heavy atom. The van der Waals surface area contributed by atoms with E-state index >= 15 is 0 Å². The summed E-state index contributed by atoms with van der Waals surface area (Å²) in [5, 5.41) is 11.5. The average molecular weight is 396 g/mol. The summed E-state index contributed by atoms with van der Waals surface area (Å²) in [6.45, 7) is 1.67. The summed E-state index contributed by atoms with van der Waals surface area (Å²) in [5.74, 6) is -0.455. The lowest BCUT2D eigenvalue weighted by Crippen LogP contribution is -2.29. The predicted octanol–water partition coefficient (Wildman–Crippen LogP) is 2.73. The molecule has 7 nitrogen and oxygen atoms in total. The average Bonchev–Trinajstić information content (AvgIpc) is 3.17. The van der Waals surface area contributed by atoms with Crippen molar-refractivity contribution < 1.29 is 23.3 Å². The molecule has 0 aliphatic carbocycles. The SMILES string of the molecule is CNC(=O)/C(=N/OC)c1cccc(C)c1CO/N=C(/c1nccs1)C(F)F. The highest BCUT2D eigenvalue weighted by molar-refractivity contribution is 7.11. The molecule has 1 amide bonds. The van der Waals surface area contributed by atoms with Crippen molar-refractivity contribution in [2.24, 2.45) is 10.3 Å². The van der Waals surface area contributed by atoms with Crippen LogP contribution in [0.1, 0.15) is 21.7 Å². The smallest absolute Gasteiger partial charge is 0.286 e. The van der Waals surface area contributed by atoms with Crippen molar-refractivity contribution in [1.29, 1.82) is 0 Å².